The molecule has 1 N–H and O–H groups in total. The van der Waals surface area contributed by atoms with Crippen LogP contribution in [0.5, 0.6) is 0 Å². The molecular weight excluding hydrogens is 232 g/mol. The lowest BCUT2D eigenvalue weighted by Gasteiger charge is -2.29. The third-order valence-corrected chi connectivity index (χ3v) is 3.75. The van der Waals surface area contributed by atoms with Crippen molar-refractivity contribution in [3.8, 4) is 0 Å². The molecule has 1 heterocycles. The maximum atomic E-state index is 3.51. The van der Waals surface area contributed by atoms with Crippen molar-refractivity contribution in [2.24, 2.45) is 0 Å². The first-order valence-corrected chi connectivity index (χ1v) is 7.08. The molecule has 0 atom stereocenters. The molecule has 3 rings (SSSR count). The van der Waals surface area contributed by atoms with Gasteiger partial charge in [-0.15, -0.1) is 0 Å². The molecule has 0 saturated heterocycles. The van der Waals surface area contributed by atoms with Crippen LogP contribution in [0.3, 0.4) is 0 Å². The van der Waals surface area contributed by atoms with E-state index in [1.165, 1.54) is 35.5 Å². The number of anilines is 3. The van der Waals surface area contributed by atoms with Crippen molar-refractivity contribution < 1.29 is 0 Å². The van der Waals surface area contributed by atoms with Gasteiger partial charge in [0.25, 0.3) is 0 Å². The molecule has 1 aliphatic heterocycles. The Morgan fingerprint density at radius 1 is 1.05 bits per heavy atom. The van der Waals surface area contributed by atoms with Gasteiger partial charge < -0.3 is 10.2 Å². The predicted molar refractivity (Wildman–Crippen MR) is 82.4 cm³/mol. The molecule has 0 aliphatic carbocycles. The van der Waals surface area contributed by atoms with Crippen LogP contribution in [0, 0.1) is 0 Å². The molecule has 0 fully saturated rings. The van der Waals surface area contributed by atoms with Gasteiger partial charge in [-0.25, -0.2) is 0 Å². The molecule has 0 aromatic heterocycles. The standard InChI is InChI=1S/C17H20N2/c1-2-19(14-8-4-3-5-9-14)17-12-6-11-16-15(17)10-7-13-18-16/h3-6,8-9,11-12,18H,2,7,10,13H2,1H3. The van der Waals surface area contributed by atoms with E-state index in [1.54, 1.807) is 0 Å². The first kappa shape index (κ1) is 12.1. The van der Waals surface area contributed by atoms with Gasteiger partial charge in [0.15, 0.2) is 0 Å². The summed E-state index contributed by atoms with van der Waals surface area (Å²) in [6.07, 6.45) is 2.39. The highest BCUT2D eigenvalue weighted by atomic mass is 15.1. The minimum atomic E-state index is 0.987. The second-order valence-electron chi connectivity index (χ2n) is 4.91. The summed E-state index contributed by atoms with van der Waals surface area (Å²) in [7, 11) is 0. The molecule has 0 spiro atoms. The zero-order chi connectivity index (χ0) is 13.1. The fourth-order valence-electron chi connectivity index (χ4n) is 2.84. The normalized spacial score (nSPS) is 13.5. The Hall–Kier alpha value is -1.96. The molecule has 0 unspecified atom stereocenters. The highest BCUT2D eigenvalue weighted by Crippen LogP contribution is 2.35. The largest absolute Gasteiger partial charge is 0.385 e. The molecule has 2 aromatic rings. The van der Waals surface area contributed by atoms with Crippen molar-refractivity contribution >= 4 is 17.1 Å². The second-order valence-corrected chi connectivity index (χ2v) is 4.91. The average Bonchev–Trinajstić information content (AvgIpc) is 2.49. The van der Waals surface area contributed by atoms with Crippen molar-refractivity contribution in [3.63, 3.8) is 0 Å². The fourth-order valence-corrected chi connectivity index (χ4v) is 2.84. The zero-order valence-electron chi connectivity index (χ0n) is 11.4. The van der Waals surface area contributed by atoms with Crippen molar-refractivity contribution in [3.05, 3.63) is 54.1 Å². The van der Waals surface area contributed by atoms with Crippen molar-refractivity contribution in [1.29, 1.82) is 0 Å². The van der Waals surface area contributed by atoms with E-state index in [2.05, 4.69) is 65.7 Å². The molecule has 0 saturated carbocycles. The van der Waals surface area contributed by atoms with E-state index in [-0.39, 0.29) is 0 Å². The number of nitrogens with zero attached hydrogens (tertiary/aromatic N) is 1. The van der Waals surface area contributed by atoms with Crippen LogP contribution < -0.4 is 10.2 Å². The number of hydrogen-bond donors (Lipinski definition) is 1. The van der Waals surface area contributed by atoms with E-state index in [0.717, 1.165) is 13.1 Å². The van der Waals surface area contributed by atoms with Crippen molar-refractivity contribution in [1.82, 2.24) is 0 Å². The molecule has 98 valence electrons. The summed E-state index contributed by atoms with van der Waals surface area (Å²) >= 11 is 0. The van der Waals surface area contributed by atoms with Gasteiger partial charge in [0, 0.05) is 30.2 Å². The first-order chi connectivity index (χ1) is 9.40. The van der Waals surface area contributed by atoms with E-state index in [9.17, 15) is 0 Å². The van der Waals surface area contributed by atoms with E-state index in [1.807, 2.05) is 0 Å². The highest BCUT2D eigenvalue weighted by molar-refractivity contribution is 5.73. The maximum absolute atomic E-state index is 3.51. The Morgan fingerprint density at radius 2 is 1.89 bits per heavy atom. The summed E-state index contributed by atoms with van der Waals surface area (Å²) in [5.74, 6) is 0. The van der Waals surface area contributed by atoms with Crippen LogP contribution in [0.15, 0.2) is 48.5 Å². The smallest absolute Gasteiger partial charge is 0.0463 e. The van der Waals surface area contributed by atoms with Crippen molar-refractivity contribution in [2.45, 2.75) is 19.8 Å². The van der Waals surface area contributed by atoms with Crippen LogP contribution in [-0.2, 0) is 6.42 Å². The molecule has 1 aliphatic rings. The van der Waals surface area contributed by atoms with Crippen LogP contribution in [0.1, 0.15) is 18.9 Å². The van der Waals surface area contributed by atoms with E-state index >= 15 is 0 Å². The number of hydrogen-bond acceptors (Lipinski definition) is 2. The molecule has 0 amide bonds. The van der Waals surface area contributed by atoms with Gasteiger partial charge in [0.2, 0.25) is 0 Å². The number of para-hydroxylation sites is 1. The summed E-state index contributed by atoms with van der Waals surface area (Å²) in [5.41, 5.74) is 5.37. The third kappa shape index (κ3) is 2.30. The van der Waals surface area contributed by atoms with E-state index in [0.29, 0.717) is 0 Å². The Labute approximate surface area is 115 Å². The van der Waals surface area contributed by atoms with Crippen LogP contribution >= 0.6 is 0 Å². The second kappa shape index (κ2) is 5.35. The SMILES string of the molecule is CCN(c1ccccc1)c1cccc2c1CCCN2. The molecule has 19 heavy (non-hydrogen) atoms. The minimum absolute atomic E-state index is 0.987. The number of rotatable bonds is 3. The summed E-state index contributed by atoms with van der Waals surface area (Å²) in [6.45, 7) is 4.29. The van der Waals surface area contributed by atoms with Gasteiger partial charge in [-0.1, -0.05) is 24.3 Å². The topological polar surface area (TPSA) is 15.3 Å². The van der Waals surface area contributed by atoms with Crippen LogP contribution in [-0.4, -0.2) is 13.1 Å². The average molecular weight is 252 g/mol. The lowest BCUT2D eigenvalue weighted by molar-refractivity contribution is 0.824. The number of benzene rings is 2. The molecular formula is C17H20N2. The fraction of sp³-hybridized carbons (Fsp3) is 0.294. The summed E-state index contributed by atoms with van der Waals surface area (Å²) in [6, 6.07) is 17.2. The van der Waals surface area contributed by atoms with E-state index in [4.69, 9.17) is 0 Å². The monoisotopic (exact) mass is 252 g/mol. The summed E-state index contributed by atoms with van der Waals surface area (Å²) in [4.78, 5) is 2.39. The molecule has 0 bridgehead atoms. The van der Waals surface area contributed by atoms with Crippen LogP contribution in [0.2, 0.25) is 0 Å². The highest BCUT2D eigenvalue weighted by Gasteiger charge is 2.16. The van der Waals surface area contributed by atoms with Gasteiger partial charge in [-0.2, -0.15) is 0 Å². The summed E-state index contributed by atoms with van der Waals surface area (Å²) < 4.78 is 0. The van der Waals surface area contributed by atoms with Crippen molar-refractivity contribution in [2.75, 3.05) is 23.3 Å². The molecule has 2 aromatic carbocycles. The zero-order valence-corrected chi connectivity index (χ0v) is 11.4. The van der Waals surface area contributed by atoms with E-state index < -0.39 is 0 Å². The third-order valence-electron chi connectivity index (χ3n) is 3.75. The summed E-state index contributed by atoms with van der Waals surface area (Å²) in [5, 5.41) is 3.51. The molecule has 2 nitrogen and oxygen atoms in total. The Morgan fingerprint density at radius 3 is 2.68 bits per heavy atom. The lowest BCUT2D eigenvalue weighted by atomic mass is 10.0. The Kier molecular flexibility index (Phi) is 3.41. The maximum Gasteiger partial charge on any atom is 0.0463 e. The van der Waals surface area contributed by atoms with Crippen LogP contribution in [0.4, 0.5) is 17.1 Å². The van der Waals surface area contributed by atoms with Gasteiger partial charge >= 0.3 is 0 Å². The Bertz CT molecular complexity index is 548. The predicted octanol–water partition coefficient (Wildman–Crippen LogP) is 4.20. The number of nitrogens with one attached hydrogen (secondary N) is 1. The lowest BCUT2D eigenvalue weighted by Crippen LogP contribution is -2.20. The van der Waals surface area contributed by atoms with Gasteiger partial charge in [-0.3, -0.25) is 0 Å². The quantitative estimate of drug-likeness (QED) is 0.880. The van der Waals surface area contributed by atoms with Gasteiger partial charge in [0.05, 0.1) is 0 Å². The minimum Gasteiger partial charge on any atom is -0.385 e. The number of fused-ring (bicyclic) bond motifs is 1. The molecule has 2 heteroatoms. The van der Waals surface area contributed by atoms with Crippen LogP contribution in [0.25, 0.3) is 0 Å². The van der Waals surface area contributed by atoms with Gasteiger partial charge in [0.1, 0.15) is 0 Å². The van der Waals surface area contributed by atoms with Gasteiger partial charge in [-0.05, 0) is 49.6 Å². The molecule has 0 radical (unpaired) electrons. The Balaban J connectivity index is 2.05. The first-order valence-electron chi connectivity index (χ1n) is 7.08.